The number of rotatable bonds is 10. The third kappa shape index (κ3) is 6.20. The van der Waals surface area contributed by atoms with Gasteiger partial charge in [0.25, 0.3) is 5.69 Å². The van der Waals surface area contributed by atoms with Gasteiger partial charge in [-0.3, -0.25) is 35.9 Å². The highest BCUT2D eigenvalue weighted by Gasteiger charge is 2.23. The van der Waals surface area contributed by atoms with Crippen molar-refractivity contribution in [2.45, 2.75) is 38.5 Å². The number of non-ortho nitro benzene ring substituents is 1. The van der Waals surface area contributed by atoms with Crippen LogP contribution in [0.1, 0.15) is 37.7 Å². The van der Waals surface area contributed by atoms with Crippen molar-refractivity contribution < 1.29 is 14.6 Å². The molecule has 1 aliphatic carbocycles. The number of nitro benzene ring substituents is 1. The molecule has 1 heterocycles. The van der Waals surface area contributed by atoms with E-state index >= 15 is 0 Å². The summed E-state index contributed by atoms with van der Waals surface area (Å²) >= 11 is 0. The zero-order chi connectivity index (χ0) is 22.9. The molecular formula is C20H23N7O5. The van der Waals surface area contributed by atoms with Crippen LogP contribution in [-0.4, -0.2) is 32.3 Å². The molecule has 3 N–H and O–H groups in total. The maximum absolute atomic E-state index is 12.2. The molecule has 0 aliphatic heterocycles. The number of nitrogens with zero attached hydrogens (tertiary/aromatic N) is 4. The summed E-state index contributed by atoms with van der Waals surface area (Å²) < 4.78 is 0. The summed E-state index contributed by atoms with van der Waals surface area (Å²) in [5.74, 6) is -0.583. The first-order valence-electron chi connectivity index (χ1n) is 10.1. The number of hydrazine groups is 1. The van der Waals surface area contributed by atoms with Gasteiger partial charge in [-0.25, -0.2) is 9.97 Å². The number of hydrogen-bond donors (Lipinski definition) is 3. The summed E-state index contributed by atoms with van der Waals surface area (Å²) in [7, 11) is 0. The van der Waals surface area contributed by atoms with Gasteiger partial charge in [-0.1, -0.05) is 23.8 Å². The molecule has 1 aliphatic rings. The van der Waals surface area contributed by atoms with Crippen LogP contribution >= 0.6 is 0 Å². The fraction of sp³-hybridized carbons (Fsp3) is 0.350. The highest BCUT2D eigenvalue weighted by molar-refractivity contribution is 5.81. The Balaban J connectivity index is 1.59. The van der Waals surface area contributed by atoms with Gasteiger partial charge in [0.1, 0.15) is 6.33 Å². The van der Waals surface area contributed by atoms with Crippen molar-refractivity contribution in [3.05, 3.63) is 68.0 Å². The number of hydrogen-bond acceptors (Lipinski definition) is 9. The summed E-state index contributed by atoms with van der Waals surface area (Å²) in [6.45, 7) is 0.496. The highest BCUT2D eigenvalue weighted by Crippen LogP contribution is 2.29. The Morgan fingerprint density at radius 2 is 1.78 bits per heavy atom. The summed E-state index contributed by atoms with van der Waals surface area (Å²) in [6, 6.07) is 5.53. The van der Waals surface area contributed by atoms with Crippen LogP contribution in [0.5, 0.6) is 0 Å². The van der Waals surface area contributed by atoms with Crippen molar-refractivity contribution in [1.29, 1.82) is 0 Å². The lowest BCUT2D eigenvalue weighted by atomic mass is 9.97. The van der Waals surface area contributed by atoms with Crippen molar-refractivity contribution in [2.75, 3.05) is 17.3 Å². The molecule has 12 nitrogen and oxygen atoms in total. The fourth-order valence-corrected chi connectivity index (χ4v) is 3.34. The molecule has 0 spiro atoms. The number of allylic oxidation sites excluding steroid dienone is 1. The van der Waals surface area contributed by atoms with Gasteiger partial charge in [-0.05, 0) is 37.7 Å². The number of amides is 1. The normalized spacial score (nSPS) is 13.1. The molecule has 12 heteroatoms. The third-order valence-electron chi connectivity index (χ3n) is 4.96. The van der Waals surface area contributed by atoms with Crippen LogP contribution in [0.2, 0.25) is 0 Å². The summed E-state index contributed by atoms with van der Waals surface area (Å²) in [4.78, 5) is 41.2. The number of aromatic nitrogens is 2. The lowest BCUT2D eigenvalue weighted by molar-refractivity contribution is -0.384. The molecule has 32 heavy (non-hydrogen) atoms. The molecule has 1 aromatic heterocycles. The predicted molar refractivity (Wildman–Crippen MR) is 117 cm³/mol. The van der Waals surface area contributed by atoms with Gasteiger partial charge in [0.05, 0.1) is 16.3 Å². The van der Waals surface area contributed by atoms with Crippen molar-refractivity contribution in [3.63, 3.8) is 0 Å². The minimum Gasteiger partial charge on any atom is -0.364 e. The summed E-state index contributed by atoms with van der Waals surface area (Å²) in [5.41, 5.74) is 6.26. The molecule has 0 radical (unpaired) electrons. The average molecular weight is 441 g/mol. The van der Waals surface area contributed by atoms with Crippen LogP contribution in [0.3, 0.4) is 0 Å². The van der Waals surface area contributed by atoms with Crippen molar-refractivity contribution in [3.8, 4) is 0 Å². The number of anilines is 2. The molecule has 2 aromatic rings. The first-order valence-corrected chi connectivity index (χ1v) is 10.1. The number of carbonyl (C=O) groups is 1. The predicted octanol–water partition coefficient (Wildman–Crippen LogP) is 3.28. The molecule has 3 rings (SSSR count). The van der Waals surface area contributed by atoms with Crippen LogP contribution < -0.4 is 16.2 Å². The van der Waals surface area contributed by atoms with Crippen LogP contribution in [0, 0.1) is 20.2 Å². The fourth-order valence-electron chi connectivity index (χ4n) is 3.34. The van der Waals surface area contributed by atoms with Crippen molar-refractivity contribution in [1.82, 2.24) is 15.4 Å². The molecular weight excluding hydrogens is 418 g/mol. The zero-order valence-electron chi connectivity index (χ0n) is 17.2. The lowest BCUT2D eigenvalue weighted by Gasteiger charge is -2.14. The summed E-state index contributed by atoms with van der Waals surface area (Å²) in [5, 5.41) is 25.3. The van der Waals surface area contributed by atoms with E-state index in [-0.39, 0.29) is 29.4 Å². The number of benzene rings is 1. The average Bonchev–Trinajstić information content (AvgIpc) is 2.78. The van der Waals surface area contributed by atoms with Crippen LogP contribution in [0.25, 0.3) is 0 Å². The van der Waals surface area contributed by atoms with E-state index in [9.17, 15) is 25.0 Å². The van der Waals surface area contributed by atoms with Gasteiger partial charge in [-0.15, -0.1) is 0 Å². The Hall–Kier alpha value is -4.09. The van der Waals surface area contributed by atoms with Gasteiger partial charge in [-0.2, -0.15) is 0 Å². The van der Waals surface area contributed by atoms with E-state index in [1.807, 2.05) is 0 Å². The second kappa shape index (κ2) is 10.8. The molecule has 0 saturated heterocycles. The third-order valence-corrected chi connectivity index (χ3v) is 4.96. The topological polar surface area (TPSA) is 165 Å². The number of nitrogens with one attached hydrogen (secondary N) is 3. The van der Waals surface area contributed by atoms with Crippen molar-refractivity contribution in [2.24, 2.45) is 0 Å². The Morgan fingerprint density at radius 1 is 1.03 bits per heavy atom. The van der Waals surface area contributed by atoms with Gasteiger partial charge in [0.2, 0.25) is 17.5 Å². The standard InChI is InChI=1S/C20H23N7O5/c28-17(12-15-6-8-16(9-7-15)26(29)30)24-25-20-18(27(31)32)19(22-13-23-20)21-11-10-14-4-2-1-3-5-14/h4,6-9,13H,1-3,5,10-12H2,(H,24,28)(H2,21,22,23,25). The van der Waals surface area contributed by atoms with E-state index in [0.717, 1.165) is 25.7 Å². The minimum absolute atomic E-state index is 0.0635. The molecule has 1 aromatic carbocycles. The minimum atomic E-state index is -0.618. The van der Waals surface area contributed by atoms with E-state index in [0.29, 0.717) is 12.1 Å². The first-order chi connectivity index (χ1) is 15.4. The van der Waals surface area contributed by atoms with Crippen LogP contribution in [0.4, 0.5) is 23.0 Å². The summed E-state index contributed by atoms with van der Waals surface area (Å²) in [6.07, 6.45) is 8.54. The van der Waals surface area contributed by atoms with Crippen molar-refractivity contribution >= 4 is 28.9 Å². The largest absolute Gasteiger partial charge is 0.364 e. The molecule has 0 fully saturated rings. The van der Waals surface area contributed by atoms with Crippen LogP contribution in [0.15, 0.2) is 42.2 Å². The van der Waals surface area contributed by atoms with E-state index in [1.165, 1.54) is 42.6 Å². The van der Waals surface area contributed by atoms with Crippen LogP contribution in [-0.2, 0) is 11.2 Å². The zero-order valence-corrected chi connectivity index (χ0v) is 17.2. The van der Waals surface area contributed by atoms with Gasteiger partial charge < -0.3 is 5.32 Å². The maximum atomic E-state index is 12.2. The maximum Gasteiger partial charge on any atom is 0.354 e. The van der Waals surface area contributed by atoms with Gasteiger partial charge in [0.15, 0.2) is 0 Å². The Bertz CT molecular complexity index is 1020. The monoisotopic (exact) mass is 441 g/mol. The molecule has 0 saturated carbocycles. The first kappa shape index (κ1) is 22.6. The molecule has 0 atom stereocenters. The highest BCUT2D eigenvalue weighted by atomic mass is 16.6. The van der Waals surface area contributed by atoms with E-state index in [4.69, 9.17) is 0 Å². The molecule has 0 bridgehead atoms. The smallest absolute Gasteiger partial charge is 0.354 e. The molecule has 1 amide bonds. The van der Waals surface area contributed by atoms with Gasteiger partial charge >= 0.3 is 5.69 Å². The second-order valence-corrected chi connectivity index (χ2v) is 7.24. The van der Waals surface area contributed by atoms with E-state index in [2.05, 4.69) is 32.2 Å². The Morgan fingerprint density at radius 3 is 2.44 bits per heavy atom. The molecule has 0 unspecified atom stereocenters. The number of nitro groups is 2. The second-order valence-electron chi connectivity index (χ2n) is 7.24. The van der Waals surface area contributed by atoms with Gasteiger partial charge in [0, 0.05) is 18.7 Å². The quantitative estimate of drug-likeness (QED) is 0.285. The van der Waals surface area contributed by atoms with E-state index in [1.54, 1.807) is 0 Å². The molecule has 168 valence electrons. The lowest BCUT2D eigenvalue weighted by Crippen LogP contribution is -2.31. The Labute approximate surface area is 183 Å². The number of carbonyl (C=O) groups excluding carboxylic acids is 1. The SMILES string of the molecule is O=C(Cc1ccc([N+](=O)[O-])cc1)NNc1ncnc(NCCC2=CCCCC2)c1[N+](=O)[O-]. The Kier molecular flexibility index (Phi) is 7.62. The van der Waals surface area contributed by atoms with E-state index < -0.39 is 15.8 Å².